The highest BCUT2D eigenvalue weighted by atomic mass is 32.1. The van der Waals surface area contributed by atoms with Crippen LogP contribution in [0.15, 0.2) is 5.38 Å². The summed E-state index contributed by atoms with van der Waals surface area (Å²) in [6, 6.07) is 0. The molecule has 2 rings (SSSR count). The zero-order valence-electron chi connectivity index (χ0n) is 11.8. The monoisotopic (exact) mass is 296 g/mol. The van der Waals surface area contributed by atoms with Gasteiger partial charge in [-0.25, -0.2) is 9.78 Å². The average Bonchev–Trinajstić information content (AvgIpc) is 3.06. The minimum atomic E-state index is -1.04. The number of amides is 1. The van der Waals surface area contributed by atoms with Gasteiger partial charge in [-0.3, -0.25) is 4.79 Å². The largest absolute Gasteiger partial charge is 0.476 e. The second kappa shape index (κ2) is 5.91. The predicted octanol–water partition coefficient (Wildman–Crippen LogP) is 2.67. The highest BCUT2D eigenvalue weighted by Crippen LogP contribution is 2.39. The molecule has 20 heavy (non-hydrogen) atoms. The fraction of sp³-hybridized carbons (Fsp3) is 0.643. The van der Waals surface area contributed by atoms with Crippen LogP contribution in [0.1, 0.15) is 55.0 Å². The molecule has 1 fully saturated rings. The molecule has 1 aromatic heterocycles. The van der Waals surface area contributed by atoms with E-state index in [0.29, 0.717) is 17.5 Å². The van der Waals surface area contributed by atoms with Crippen molar-refractivity contribution in [2.45, 2.75) is 46.1 Å². The van der Waals surface area contributed by atoms with Crippen LogP contribution in [-0.4, -0.2) is 22.0 Å². The number of hydrogen-bond acceptors (Lipinski definition) is 4. The number of thiazole rings is 1. The number of aromatic nitrogens is 1. The number of hydrogen-bond donors (Lipinski definition) is 2. The third-order valence-electron chi connectivity index (χ3n) is 4.13. The third kappa shape index (κ3) is 3.17. The molecule has 5 nitrogen and oxygen atoms in total. The number of aromatic carboxylic acids is 1. The van der Waals surface area contributed by atoms with Gasteiger partial charge in [0.15, 0.2) is 5.69 Å². The van der Waals surface area contributed by atoms with E-state index in [1.165, 1.54) is 29.6 Å². The van der Waals surface area contributed by atoms with Crippen molar-refractivity contribution in [2.24, 2.45) is 11.3 Å². The maximum atomic E-state index is 12.3. The standard InChI is InChI=1S/C14H20N2O3S/c1-14(2,9-5-3-4-6-9)13(19)15-7-11-16-10(8-20-11)12(17)18/h8-9H,3-7H2,1-2H3,(H,15,19)(H,17,18). The first-order valence-electron chi connectivity index (χ1n) is 6.87. The highest BCUT2D eigenvalue weighted by Gasteiger charge is 2.37. The average molecular weight is 296 g/mol. The molecule has 0 saturated heterocycles. The van der Waals surface area contributed by atoms with Gasteiger partial charge in [-0.15, -0.1) is 11.3 Å². The van der Waals surface area contributed by atoms with Crippen molar-refractivity contribution >= 4 is 23.2 Å². The maximum absolute atomic E-state index is 12.3. The minimum Gasteiger partial charge on any atom is -0.476 e. The molecule has 110 valence electrons. The fourth-order valence-electron chi connectivity index (χ4n) is 2.71. The number of rotatable bonds is 5. The summed E-state index contributed by atoms with van der Waals surface area (Å²) in [7, 11) is 0. The molecule has 0 aromatic carbocycles. The summed E-state index contributed by atoms with van der Waals surface area (Å²) in [5, 5.41) is 13.8. The fourth-order valence-corrected chi connectivity index (χ4v) is 3.41. The predicted molar refractivity (Wildman–Crippen MR) is 76.7 cm³/mol. The summed E-state index contributed by atoms with van der Waals surface area (Å²) < 4.78 is 0. The highest BCUT2D eigenvalue weighted by molar-refractivity contribution is 7.09. The van der Waals surface area contributed by atoms with Gasteiger partial charge in [-0.2, -0.15) is 0 Å². The molecule has 6 heteroatoms. The minimum absolute atomic E-state index is 0.0245. The molecule has 1 aromatic rings. The summed E-state index contributed by atoms with van der Waals surface area (Å²) in [6.45, 7) is 4.28. The van der Waals surface area contributed by atoms with Crippen LogP contribution in [0.2, 0.25) is 0 Å². The van der Waals surface area contributed by atoms with E-state index in [1.54, 1.807) is 0 Å². The number of nitrogens with zero attached hydrogens (tertiary/aromatic N) is 1. The van der Waals surface area contributed by atoms with Gasteiger partial charge in [0, 0.05) is 10.8 Å². The molecule has 0 bridgehead atoms. The Hall–Kier alpha value is -1.43. The second-order valence-corrected chi connectivity index (χ2v) is 6.76. The van der Waals surface area contributed by atoms with Gasteiger partial charge in [0.05, 0.1) is 6.54 Å². The Kier molecular flexibility index (Phi) is 4.42. The van der Waals surface area contributed by atoms with Crippen molar-refractivity contribution in [2.75, 3.05) is 0 Å². The van der Waals surface area contributed by atoms with E-state index in [-0.39, 0.29) is 17.0 Å². The lowest BCUT2D eigenvalue weighted by Gasteiger charge is -2.30. The van der Waals surface area contributed by atoms with Crippen molar-refractivity contribution in [1.82, 2.24) is 10.3 Å². The molecule has 2 N–H and O–H groups in total. The van der Waals surface area contributed by atoms with Gasteiger partial charge in [-0.05, 0) is 18.8 Å². The Labute approximate surface area is 122 Å². The van der Waals surface area contributed by atoms with Gasteiger partial charge in [0.25, 0.3) is 0 Å². The normalized spacial score (nSPS) is 16.3. The summed E-state index contributed by atoms with van der Waals surface area (Å²) in [5.74, 6) is -0.574. The van der Waals surface area contributed by atoms with Crippen LogP contribution >= 0.6 is 11.3 Å². The van der Waals surface area contributed by atoms with Crippen LogP contribution in [0.5, 0.6) is 0 Å². The molecule has 0 radical (unpaired) electrons. The van der Waals surface area contributed by atoms with Crippen LogP contribution in [0, 0.1) is 11.3 Å². The Morgan fingerprint density at radius 1 is 1.45 bits per heavy atom. The molecule has 0 spiro atoms. The summed E-state index contributed by atoms with van der Waals surface area (Å²) >= 11 is 1.26. The lowest BCUT2D eigenvalue weighted by Crippen LogP contribution is -2.40. The molecular weight excluding hydrogens is 276 g/mol. The number of carboxylic acid groups (broad SMARTS) is 1. The van der Waals surface area contributed by atoms with Crippen molar-refractivity contribution in [3.8, 4) is 0 Å². The van der Waals surface area contributed by atoms with E-state index in [0.717, 1.165) is 12.8 Å². The third-order valence-corrected chi connectivity index (χ3v) is 4.98. The van der Waals surface area contributed by atoms with Crippen LogP contribution in [0.4, 0.5) is 0 Å². The first-order valence-corrected chi connectivity index (χ1v) is 7.75. The molecule has 1 aliphatic rings. The number of nitrogens with one attached hydrogen (secondary N) is 1. The molecular formula is C14H20N2O3S. The Morgan fingerprint density at radius 3 is 2.65 bits per heavy atom. The summed E-state index contributed by atoms with van der Waals surface area (Å²) in [6.07, 6.45) is 4.63. The SMILES string of the molecule is CC(C)(C(=O)NCc1nc(C(=O)O)cs1)C1CCCC1. The summed E-state index contributed by atoms with van der Waals surface area (Å²) in [5.41, 5.74) is -0.335. The number of carbonyl (C=O) groups excluding carboxylic acids is 1. The molecule has 1 saturated carbocycles. The first-order chi connectivity index (χ1) is 9.41. The van der Waals surface area contributed by atoms with Gasteiger partial charge in [0.2, 0.25) is 5.91 Å². The van der Waals surface area contributed by atoms with Crippen molar-refractivity contribution < 1.29 is 14.7 Å². The lowest BCUT2D eigenvalue weighted by atomic mass is 9.77. The van der Waals surface area contributed by atoms with Crippen LogP contribution in [0.25, 0.3) is 0 Å². The summed E-state index contributed by atoms with van der Waals surface area (Å²) in [4.78, 5) is 27.0. The maximum Gasteiger partial charge on any atom is 0.355 e. The zero-order valence-corrected chi connectivity index (χ0v) is 12.6. The topological polar surface area (TPSA) is 79.3 Å². The van der Waals surface area contributed by atoms with E-state index in [4.69, 9.17) is 5.11 Å². The van der Waals surface area contributed by atoms with E-state index < -0.39 is 5.97 Å². The molecule has 1 heterocycles. The second-order valence-electron chi connectivity index (χ2n) is 5.82. The Balaban J connectivity index is 1.92. The van der Waals surface area contributed by atoms with Gasteiger partial charge >= 0.3 is 5.97 Å². The van der Waals surface area contributed by atoms with Gasteiger partial charge < -0.3 is 10.4 Å². The van der Waals surface area contributed by atoms with Crippen molar-refractivity contribution in [3.05, 3.63) is 16.1 Å². The molecule has 1 aliphatic carbocycles. The van der Waals surface area contributed by atoms with Gasteiger partial charge in [-0.1, -0.05) is 26.7 Å². The Morgan fingerprint density at radius 2 is 2.10 bits per heavy atom. The first kappa shape index (κ1) is 15.0. The van der Waals surface area contributed by atoms with E-state index >= 15 is 0 Å². The Bertz CT molecular complexity index is 504. The van der Waals surface area contributed by atoms with Crippen LogP contribution in [-0.2, 0) is 11.3 Å². The van der Waals surface area contributed by atoms with Crippen molar-refractivity contribution in [1.29, 1.82) is 0 Å². The zero-order chi connectivity index (χ0) is 14.8. The van der Waals surface area contributed by atoms with E-state index in [2.05, 4.69) is 10.3 Å². The van der Waals surface area contributed by atoms with E-state index in [1.807, 2.05) is 13.8 Å². The van der Waals surface area contributed by atoms with Crippen molar-refractivity contribution in [3.63, 3.8) is 0 Å². The molecule has 1 amide bonds. The molecule has 0 aliphatic heterocycles. The molecule has 0 unspecified atom stereocenters. The van der Waals surface area contributed by atoms with Crippen LogP contribution in [0.3, 0.4) is 0 Å². The van der Waals surface area contributed by atoms with Gasteiger partial charge in [0.1, 0.15) is 5.01 Å². The van der Waals surface area contributed by atoms with E-state index in [9.17, 15) is 9.59 Å². The smallest absolute Gasteiger partial charge is 0.355 e. The lowest BCUT2D eigenvalue weighted by molar-refractivity contribution is -0.132. The molecule has 0 atom stereocenters. The number of carbonyl (C=O) groups is 2. The number of carboxylic acids is 1. The quantitative estimate of drug-likeness (QED) is 0.875. The van der Waals surface area contributed by atoms with Crippen LogP contribution < -0.4 is 5.32 Å².